The average molecular weight is 355 g/mol. The highest BCUT2D eigenvalue weighted by atomic mass is 16.2. The number of para-hydroxylation sites is 1. The van der Waals surface area contributed by atoms with Gasteiger partial charge in [0.1, 0.15) is 5.56 Å². The van der Waals surface area contributed by atoms with E-state index in [4.69, 9.17) is 0 Å². The lowest BCUT2D eigenvalue weighted by molar-refractivity contribution is -0.121. The van der Waals surface area contributed by atoms with Gasteiger partial charge in [0, 0.05) is 26.1 Å². The number of nitrogens with zero attached hydrogens (tertiary/aromatic N) is 1. The minimum absolute atomic E-state index is 0.0522. The fourth-order valence-corrected chi connectivity index (χ4v) is 3.52. The van der Waals surface area contributed by atoms with Crippen molar-refractivity contribution in [1.29, 1.82) is 0 Å². The van der Waals surface area contributed by atoms with E-state index < -0.39 is 5.91 Å². The van der Waals surface area contributed by atoms with Gasteiger partial charge in [-0.15, -0.1) is 0 Å². The first-order chi connectivity index (χ1) is 12.6. The van der Waals surface area contributed by atoms with Crippen LogP contribution in [0.25, 0.3) is 10.9 Å². The molecule has 1 saturated carbocycles. The van der Waals surface area contributed by atoms with Crippen LogP contribution in [0.15, 0.2) is 35.1 Å². The van der Waals surface area contributed by atoms with Gasteiger partial charge in [0.15, 0.2) is 0 Å². The SMILES string of the molecule is Cn1c(=O)c(C(=O)NCCC(=O)NC2CCCCC2)cc2ccccc21. The molecule has 26 heavy (non-hydrogen) atoms. The van der Waals surface area contributed by atoms with E-state index in [-0.39, 0.29) is 36.0 Å². The molecule has 1 heterocycles. The predicted octanol–water partition coefficient (Wildman–Crippen LogP) is 2.11. The average Bonchev–Trinajstić information content (AvgIpc) is 2.65. The van der Waals surface area contributed by atoms with Crippen LogP contribution in [0.1, 0.15) is 48.9 Å². The minimum atomic E-state index is -0.443. The molecule has 1 aromatic carbocycles. The standard InChI is InChI=1S/C20H25N3O3/c1-23-17-10-6-5-7-14(17)13-16(20(23)26)19(25)21-12-11-18(24)22-15-8-3-2-4-9-15/h5-7,10,13,15H,2-4,8-9,11-12H2,1H3,(H,21,25)(H,22,24). The monoisotopic (exact) mass is 355 g/mol. The Labute approximate surface area is 152 Å². The van der Waals surface area contributed by atoms with Crippen molar-refractivity contribution in [1.82, 2.24) is 15.2 Å². The number of pyridine rings is 1. The van der Waals surface area contributed by atoms with Gasteiger partial charge in [-0.2, -0.15) is 0 Å². The number of fused-ring (bicyclic) bond motifs is 1. The van der Waals surface area contributed by atoms with Gasteiger partial charge in [-0.25, -0.2) is 0 Å². The summed E-state index contributed by atoms with van der Waals surface area (Å²) in [6.45, 7) is 0.216. The largest absolute Gasteiger partial charge is 0.353 e. The Morgan fingerprint density at radius 3 is 2.65 bits per heavy atom. The smallest absolute Gasteiger partial charge is 0.263 e. The van der Waals surface area contributed by atoms with Crippen LogP contribution in [0.5, 0.6) is 0 Å². The highest BCUT2D eigenvalue weighted by molar-refractivity contribution is 5.97. The van der Waals surface area contributed by atoms with E-state index in [1.54, 1.807) is 13.1 Å². The van der Waals surface area contributed by atoms with Crippen molar-refractivity contribution < 1.29 is 9.59 Å². The predicted molar refractivity (Wildman–Crippen MR) is 101 cm³/mol. The van der Waals surface area contributed by atoms with E-state index in [0.717, 1.165) is 36.6 Å². The molecule has 2 aromatic rings. The number of carbonyl (C=O) groups excluding carboxylic acids is 2. The Kier molecular flexibility index (Phi) is 5.71. The fraction of sp³-hybridized carbons (Fsp3) is 0.450. The maximum Gasteiger partial charge on any atom is 0.263 e. The first-order valence-corrected chi connectivity index (χ1v) is 9.22. The fourth-order valence-electron chi connectivity index (χ4n) is 3.52. The molecule has 2 N–H and O–H groups in total. The van der Waals surface area contributed by atoms with Gasteiger partial charge in [0.2, 0.25) is 5.91 Å². The summed E-state index contributed by atoms with van der Waals surface area (Å²) in [6, 6.07) is 9.29. The van der Waals surface area contributed by atoms with Crippen molar-refractivity contribution in [2.75, 3.05) is 6.54 Å². The lowest BCUT2D eigenvalue weighted by Crippen LogP contribution is -2.39. The van der Waals surface area contributed by atoms with Gasteiger partial charge in [-0.3, -0.25) is 14.4 Å². The lowest BCUT2D eigenvalue weighted by Gasteiger charge is -2.22. The molecule has 3 rings (SSSR count). The van der Waals surface area contributed by atoms with Crippen molar-refractivity contribution in [2.24, 2.45) is 7.05 Å². The van der Waals surface area contributed by atoms with Gasteiger partial charge in [-0.05, 0) is 30.4 Å². The lowest BCUT2D eigenvalue weighted by atomic mass is 9.95. The van der Waals surface area contributed by atoms with Gasteiger partial charge < -0.3 is 15.2 Å². The van der Waals surface area contributed by atoms with Crippen molar-refractivity contribution in [3.8, 4) is 0 Å². The van der Waals surface area contributed by atoms with Crippen LogP contribution >= 0.6 is 0 Å². The van der Waals surface area contributed by atoms with Crippen LogP contribution in [-0.2, 0) is 11.8 Å². The summed E-state index contributed by atoms with van der Waals surface area (Å²) in [5.41, 5.74) is 0.535. The zero-order valence-corrected chi connectivity index (χ0v) is 15.1. The number of carbonyl (C=O) groups is 2. The third kappa shape index (κ3) is 4.12. The molecular weight excluding hydrogens is 330 g/mol. The molecule has 0 spiro atoms. The normalized spacial score (nSPS) is 15.0. The molecule has 1 aliphatic rings. The van der Waals surface area contributed by atoms with E-state index in [1.807, 2.05) is 24.3 Å². The number of aromatic nitrogens is 1. The molecule has 138 valence electrons. The zero-order chi connectivity index (χ0) is 18.5. The summed E-state index contributed by atoms with van der Waals surface area (Å²) < 4.78 is 1.47. The number of benzene rings is 1. The molecule has 1 aliphatic carbocycles. The molecule has 0 bridgehead atoms. The molecule has 0 aliphatic heterocycles. The second kappa shape index (κ2) is 8.17. The molecule has 1 aromatic heterocycles. The zero-order valence-electron chi connectivity index (χ0n) is 15.1. The Morgan fingerprint density at radius 2 is 1.88 bits per heavy atom. The van der Waals surface area contributed by atoms with Crippen LogP contribution < -0.4 is 16.2 Å². The van der Waals surface area contributed by atoms with Gasteiger partial charge in [0.05, 0.1) is 5.52 Å². The number of nitrogens with one attached hydrogen (secondary N) is 2. The number of amides is 2. The molecule has 0 atom stereocenters. The Bertz CT molecular complexity index is 866. The Hall–Kier alpha value is -2.63. The molecule has 0 unspecified atom stereocenters. The summed E-state index contributed by atoms with van der Waals surface area (Å²) in [6.07, 6.45) is 5.84. The summed E-state index contributed by atoms with van der Waals surface area (Å²) >= 11 is 0. The highest BCUT2D eigenvalue weighted by Gasteiger charge is 2.17. The van der Waals surface area contributed by atoms with Crippen LogP contribution in [0.3, 0.4) is 0 Å². The first-order valence-electron chi connectivity index (χ1n) is 9.22. The number of hydrogen-bond acceptors (Lipinski definition) is 3. The molecule has 0 radical (unpaired) electrons. The van der Waals surface area contributed by atoms with Crippen molar-refractivity contribution in [3.63, 3.8) is 0 Å². The van der Waals surface area contributed by atoms with Gasteiger partial charge in [-0.1, -0.05) is 37.5 Å². The van der Waals surface area contributed by atoms with E-state index in [0.29, 0.717) is 0 Å². The molecule has 0 saturated heterocycles. The molecular formula is C20H25N3O3. The second-order valence-corrected chi connectivity index (χ2v) is 6.89. The third-order valence-corrected chi connectivity index (χ3v) is 4.99. The van der Waals surface area contributed by atoms with Crippen LogP contribution in [0.2, 0.25) is 0 Å². The summed E-state index contributed by atoms with van der Waals surface area (Å²) in [4.78, 5) is 36.8. The minimum Gasteiger partial charge on any atom is -0.353 e. The molecule has 2 amide bonds. The molecule has 6 heteroatoms. The Morgan fingerprint density at radius 1 is 1.15 bits per heavy atom. The maximum atomic E-state index is 12.4. The topological polar surface area (TPSA) is 80.2 Å². The van der Waals surface area contributed by atoms with Crippen LogP contribution in [0.4, 0.5) is 0 Å². The molecule has 1 fully saturated rings. The van der Waals surface area contributed by atoms with Crippen molar-refractivity contribution >= 4 is 22.7 Å². The second-order valence-electron chi connectivity index (χ2n) is 6.89. The summed E-state index contributed by atoms with van der Waals surface area (Å²) in [7, 11) is 1.65. The van der Waals surface area contributed by atoms with Crippen LogP contribution in [-0.4, -0.2) is 29.0 Å². The van der Waals surface area contributed by atoms with E-state index in [2.05, 4.69) is 10.6 Å². The third-order valence-electron chi connectivity index (χ3n) is 4.99. The van der Waals surface area contributed by atoms with Crippen LogP contribution in [0, 0.1) is 0 Å². The quantitative estimate of drug-likeness (QED) is 0.862. The first kappa shape index (κ1) is 18.2. The number of aryl methyl sites for hydroxylation is 1. The van der Waals surface area contributed by atoms with Gasteiger partial charge >= 0.3 is 0 Å². The number of rotatable bonds is 5. The molecule has 6 nitrogen and oxygen atoms in total. The van der Waals surface area contributed by atoms with Gasteiger partial charge in [0.25, 0.3) is 11.5 Å². The van der Waals surface area contributed by atoms with E-state index in [9.17, 15) is 14.4 Å². The summed E-state index contributed by atoms with van der Waals surface area (Å²) in [5.74, 6) is -0.495. The number of hydrogen-bond donors (Lipinski definition) is 2. The van der Waals surface area contributed by atoms with Crippen molar-refractivity contribution in [2.45, 2.75) is 44.6 Å². The Balaban J connectivity index is 1.58. The maximum absolute atomic E-state index is 12.4. The highest BCUT2D eigenvalue weighted by Crippen LogP contribution is 2.17. The van der Waals surface area contributed by atoms with E-state index in [1.165, 1.54) is 11.0 Å². The van der Waals surface area contributed by atoms with Crippen molar-refractivity contribution in [3.05, 3.63) is 46.2 Å². The van der Waals surface area contributed by atoms with E-state index >= 15 is 0 Å². The summed E-state index contributed by atoms with van der Waals surface area (Å²) in [5, 5.41) is 6.54.